The number of hydrogen-bond acceptors (Lipinski definition) is 5. The van der Waals surface area contributed by atoms with Crippen LogP contribution >= 0.6 is 0 Å². The number of hydrogen-bond donors (Lipinski definition) is 1. The number of amides is 1. The van der Waals surface area contributed by atoms with Crippen molar-refractivity contribution in [3.63, 3.8) is 0 Å². The molecule has 1 aromatic carbocycles. The average molecular weight is 480 g/mol. The largest absolute Gasteiger partial charge is 0.419 e. The van der Waals surface area contributed by atoms with Gasteiger partial charge in [-0.2, -0.15) is 23.5 Å². The molecule has 176 valence electrons. The zero-order chi connectivity index (χ0) is 25.0. The van der Waals surface area contributed by atoms with Crippen LogP contribution in [0.1, 0.15) is 32.9 Å². The van der Waals surface area contributed by atoms with Crippen LogP contribution in [0.2, 0.25) is 0 Å². The van der Waals surface area contributed by atoms with Gasteiger partial charge >= 0.3 is 6.18 Å². The van der Waals surface area contributed by atoms with E-state index in [-0.39, 0.29) is 35.6 Å². The van der Waals surface area contributed by atoms with Gasteiger partial charge < -0.3 is 5.32 Å². The van der Waals surface area contributed by atoms with Crippen LogP contribution in [-0.4, -0.2) is 25.7 Å². The molecule has 0 aliphatic heterocycles. The van der Waals surface area contributed by atoms with Crippen molar-refractivity contribution in [3.8, 4) is 17.3 Å². The fourth-order valence-corrected chi connectivity index (χ4v) is 3.30. The zero-order valence-corrected chi connectivity index (χ0v) is 17.9. The Morgan fingerprint density at radius 1 is 1.11 bits per heavy atom. The van der Waals surface area contributed by atoms with E-state index in [1.807, 2.05) is 0 Å². The fraction of sp³-hybridized carbons (Fsp3) is 0.125. The van der Waals surface area contributed by atoms with Gasteiger partial charge in [0.1, 0.15) is 17.6 Å². The van der Waals surface area contributed by atoms with E-state index in [1.165, 1.54) is 35.1 Å². The number of pyridine rings is 2. The van der Waals surface area contributed by atoms with Crippen LogP contribution < -0.4 is 5.32 Å². The standard InChI is InChI=1S/C24H16F4N6O/c25-19-9-15(4-5-16(19)12-32-23(35)21-3-1-2-7-30-21)14-34-8-6-20(33-34)17-10-18(24(26,27)28)22(11-29)31-13-17/h1-10,13H,12,14H2,(H,32,35). The summed E-state index contributed by atoms with van der Waals surface area (Å²) in [6, 6.07) is 13.2. The van der Waals surface area contributed by atoms with Gasteiger partial charge in [0.15, 0.2) is 5.69 Å². The summed E-state index contributed by atoms with van der Waals surface area (Å²) in [5.74, 6) is -0.952. The van der Waals surface area contributed by atoms with Gasteiger partial charge in [0, 0.05) is 36.3 Å². The average Bonchev–Trinajstić information content (AvgIpc) is 3.31. The maximum Gasteiger partial charge on any atom is 0.419 e. The van der Waals surface area contributed by atoms with Crippen LogP contribution in [0.5, 0.6) is 0 Å². The Hall–Kier alpha value is -4.59. The van der Waals surface area contributed by atoms with E-state index in [1.54, 1.807) is 30.5 Å². The van der Waals surface area contributed by atoms with Crippen LogP contribution in [-0.2, 0) is 19.3 Å². The molecule has 0 bridgehead atoms. The Morgan fingerprint density at radius 3 is 2.63 bits per heavy atom. The lowest BCUT2D eigenvalue weighted by Gasteiger charge is -2.09. The number of nitrogens with zero attached hydrogens (tertiary/aromatic N) is 5. The van der Waals surface area contributed by atoms with Gasteiger partial charge in [-0.15, -0.1) is 0 Å². The molecule has 0 atom stereocenters. The molecule has 0 saturated carbocycles. The molecule has 3 heterocycles. The van der Waals surface area contributed by atoms with Gasteiger partial charge in [0.2, 0.25) is 0 Å². The van der Waals surface area contributed by atoms with Crippen molar-refractivity contribution in [2.75, 3.05) is 0 Å². The summed E-state index contributed by atoms with van der Waals surface area (Å²) >= 11 is 0. The molecule has 4 aromatic rings. The maximum absolute atomic E-state index is 14.6. The van der Waals surface area contributed by atoms with Gasteiger partial charge in [0.05, 0.1) is 17.8 Å². The maximum atomic E-state index is 14.6. The summed E-state index contributed by atoms with van der Waals surface area (Å²) in [6.07, 6.45) is -0.557. The minimum Gasteiger partial charge on any atom is -0.347 e. The number of halogens is 4. The topological polar surface area (TPSA) is 96.5 Å². The fourth-order valence-electron chi connectivity index (χ4n) is 3.30. The third-order valence-electron chi connectivity index (χ3n) is 5.03. The highest BCUT2D eigenvalue weighted by atomic mass is 19.4. The number of carbonyl (C=O) groups is 1. The summed E-state index contributed by atoms with van der Waals surface area (Å²) in [6.45, 7) is 0.133. The summed E-state index contributed by atoms with van der Waals surface area (Å²) in [7, 11) is 0. The Bertz CT molecular complexity index is 1410. The van der Waals surface area contributed by atoms with Gasteiger partial charge in [0.25, 0.3) is 5.91 Å². The summed E-state index contributed by atoms with van der Waals surface area (Å²) in [5.41, 5.74) is -0.471. The monoisotopic (exact) mass is 480 g/mol. The predicted molar refractivity (Wildman–Crippen MR) is 116 cm³/mol. The molecular formula is C24H16F4N6O. The Labute approximate surface area is 196 Å². The van der Waals surface area contributed by atoms with Crippen molar-refractivity contribution >= 4 is 5.91 Å². The molecule has 0 spiro atoms. The lowest BCUT2D eigenvalue weighted by Crippen LogP contribution is -2.24. The molecule has 1 amide bonds. The quantitative estimate of drug-likeness (QED) is 0.414. The number of alkyl halides is 3. The number of benzene rings is 1. The molecule has 7 nitrogen and oxygen atoms in total. The number of nitriles is 1. The lowest BCUT2D eigenvalue weighted by atomic mass is 10.1. The second-order valence-electron chi connectivity index (χ2n) is 7.45. The van der Waals surface area contributed by atoms with Crippen LogP contribution in [0.15, 0.2) is 67.1 Å². The van der Waals surface area contributed by atoms with Gasteiger partial charge in [-0.1, -0.05) is 18.2 Å². The molecule has 0 saturated heterocycles. The molecule has 35 heavy (non-hydrogen) atoms. The van der Waals surface area contributed by atoms with Crippen molar-refractivity contribution in [2.45, 2.75) is 19.3 Å². The van der Waals surface area contributed by atoms with Crippen LogP contribution in [0, 0.1) is 17.1 Å². The number of nitrogens with one attached hydrogen (secondary N) is 1. The van der Waals surface area contributed by atoms with Gasteiger partial charge in [-0.3, -0.25) is 14.5 Å². The molecule has 0 aliphatic rings. The van der Waals surface area contributed by atoms with Crippen LogP contribution in [0.3, 0.4) is 0 Å². The van der Waals surface area contributed by atoms with E-state index in [2.05, 4.69) is 20.4 Å². The van der Waals surface area contributed by atoms with Crippen LogP contribution in [0.25, 0.3) is 11.3 Å². The molecule has 0 radical (unpaired) electrons. The molecule has 0 fully saturated rings. The molecule has 11 heteroatoms. The first-order valence-electron chi connectivity index (χ1n) is 10.2. The smallest absolute Gasteiger partial charge is 0.347 e. The van der Waals surface area contributed by atoms with E-state index in [0.717, 1.165) is 12.3 Å². The Balaban J connectivity index is 1.45. The second-order valence-corrected chi connectivity index (χ2v) is 7.45. The Kier molecular flexibility index (Phi) is 6.55. The molecule has 4 rings (SSSR count). The molecule has 0 aliphatic carbocycles. The first-order chi connectivity index (χ1) is 16.7. The lowest BCUT2D eigenvalue weighted by molar-refractivity contribution is -0.138. The van der Waals surface area contributed by atoms with Crippen molar-refractivity contribution in [3.05, 3.63) is 101 Å². The molecular weight excluding hydrogens is 464 g/mol. The van der Waals surface area contributed by atoms with E-state index in [4.69, 9.17) is 5.26 Å². The third kappa shape index (κ3) is 5.50. The Morgan fingerprint density at radius 2 is 1.94 bits per heavy atom. The number of rotatable bonds is 6. The number of aromatic nitrogens is 4. The first-order valence-corrected chi connectivity index (χ1v) is 10.2. The normalized spacial score (nSPS) is 11.2. The van der Waals surface area contributed by atoms with E-state index in [0.29, 0.717) is 5.56 Å². The second kappa shape index (κ2) is 9.72. The van der Waals surface area contributed by atoms with Crippen molar-refractivity contribution in [1.82, 2.24) is 25.1 Å². The van der Waals surface area contributed by atoms with Crippen LogP contribution in [0.4, 0.5) is 17.6 Å². The molecule has 3 aromatic heterocycles. The molecule has 1 N–H and O–H groups in total. The van der Waals surface area contributed by atoms with Gasteiger partial charge in [-0.05, 0) is 35.9 Å². The summed E-state index contributed by atoms with van der Waals surface area (Å²) in [4.78, 5) is 19.6. The van der Waals surface area contributed by atoms with E-state index in [9.17, 15) is 22.4 Å². The van der Waals surface area contributed by atoms with Crippen molar-refractivity contribution in [1.29, 1.82) is 5.26 Å². The highest BCUT2D eigenvalue weighted by molar-refractivity contribution is 5.92. The summed E-state index contributed by atoms with van der Waals surface area (Å²) < 4.78 is 55.6. The van der Waals surface area contributed by atoms with Crippen molar-refractivity contribution in [2.24, 2.45) is 0 Å². The minimum absolute atomic E-state index is 0.0271. The van der Waals surface area contributed by atoms with E-state index < -0.39 is 29.2 Å². The zero-order valence-electron chi connectivity index (χ0n) is 17.9. The summed E-state index contributed by atoms with van der Waals surface area (Å²) in [5, 5.41) is 15.7. The van der Waals surface area contributed by atoms with Gasteiger partial charge in [-0.25, -0.2) is 9.37 Å². The predicted octanol–water partition coefficient (Wildman–Crippen LogP) is 4.35. The first kappa shape index (κ1) is 23.6. The molecule has 0 unspecified atom stereocenters. The number of carbonyl (C=O) groups excluding carboxylic acids is 1. The highest BCUT2D eigenvalue weighted by Gasteiger charge is 2.35. The van der Waals surface area contributed by atoms with Crippen molar-refractivity contribution < 1.29 is 22.4 Å². The minimum atomic E-state index is -4.73. The SMILES string of the molecule is N#Cc1ncc(-c2ccn(Cc3ccc(CNC(=O)c4ccccn4)c(F)c3)n2)cc1C(F)(F)F. The third-order valence-corrected chi connectivity index (χ3v) is 5.03. The van der Waals surface area contributed by atoms with E-state index >= 15 is 0 Å². The highest BCUT2D eigenvalue weighted by Crippen LogP contribution is 2.33.